The van der Waals surface area contributed by atoms with Gasteiger partial charge in [-0.3, -0.25) is 9.89 Å². The van der Waals surface area contributed by atoms with Crippen LogP contribution in [0.2, 0.25) is 0 Å². The van der Waals surface area contributed by atoms with Crippen molar-refractivity contribution in [2.75, 3.05) is 6.54 Å². The van der Waals surface area contributed by atoms with Crippen molar-refractivity contribution in [1.82, 2.24) is 14.6 Å². The number of aromatic nitrogens is 3. The van der Waals surface area contributed by atoms with Gasteiger partial charge in [-0.15, -0.1) is 0 Å². The highest BCUT2D eigenvalue weighted by Gasteiger charge is 2.12. The van der Waals surface area contributed by atoms with Crippen molar-refractivity contribution < 1.29 is 4.42 Å². The van der Waals surface area contributed by atoms with E-state index in [2.05, 4.69) is 10.1 Å². The molecule has 0 aliphatic rings. The predicted octanol–water partition coefficient (Wildman–Crippen LogP) is 1.09. The van der Waals surface area contributed by atoms with E-state index in [-0.39, 0.29) is 5.56 Å². The average Bonchev–Trinajstić information content (AvgIpc) is 3.02. The second-order valence-corrected chi connectivity index (χ2v) is 4.36. The van der Waals surface area contributed by atoms with E-state index in [0.717, 1.165) is 11.4 Å². The highest BCUT2D eigenvalue weighted by atomic mass is 16.3. The molecular weight excluding hydrogens is 244 g/mol. The van der Waals surface area contributed by atoms with E-state index in [1.54, 1.807) is 18.4 Å². The van der Waals surface area contributed by atoms with E-state index >= 15 is 0 Å². The minimum atomic E-state index is -0.106. The SMILES string of the molecule is Cc1nc2cc(-c3ccco3)[nH]n2c(=O)c1CCN. The Morgan fingerprint density at radius 2 is 2.37 bits per heavy atom. The fourth-order valence-electron chi connectivity index (χ4n) is 2.16. The van der Waals surface area contributed by atoms with Crippen LogP contribution < -0.4 is 11.3 Å². The van der Waals surface area contributed by atoms with Gasteiger partial charge < -0.3 is 10.2 Å². The second-order valence-electron chi connectivity index (χ2n) is 4.36. The van der Waals surface area contributed by atoms with E-state index in [4.69, 9.17) is 10.2 Å². The van der Waals surface area contributed by atoms with Crippen LogP contribution in [0.15, 0.2) is 33.7 Å². The zero-order chi connectivity index (χ0) is 13.4. The van der Waals surface area contributed by atoms with Crippen molar-refractivity contribution in [2.45, 2.75) is 13.3 Å². The van der Waals surface area contributed by atoms with Crippen LogP contribution in [0.1, 0.15) is 11.3 Å². The molecule has 6 nitrogen and oxygen atoms in total. The lowest BCUT2D eigenvalue weighted by Gasteiger charge is -2.03. The molecule has 0 radical (unpaired) electrons. The Hall–Kier alpha value is -2.34. The summed E-state index contributed by atoms with van der Waals surface area (Å²) in [6, 6.07) is 5.41. The molecule has 3 aromatic heterocycles. The van der Waals surface area contributed by atoms with Gasteiger partial charge in [0.25, 0.3) is 5.56 Å². The summed E-state index contributed by atoms with van der Waals surface area (Å²) in [6.07, 6.45) is 2.11. The monoisotopic (exact) mass is 258 g/mol. The zero-order valence-corrected chi connectivity index (χ0v) is 10.5. The van der Waals surface area contributed by atoms with Gasteiger partial charge in [0.15, 0.2) is 11.4 Å². The van der Waals surface area contributed by atoms with E-state index < -0.39 is 0 Å². The fourth-order valence-corrected chi connectivity index (χ4v) is 2.16. The average molecular weight is 258 g/mol. The molecule has 0 amide bonds. The fraction of sp³-hybridized carbons (Fsp3) is 0.231. The number of aromatic amines is 1. The maximum absolute atomic E-state index is 12.3. The Kier molecular flexibility index (Phi) is 2.72. The summed E-state index contributed by atoms with van der Waals surface area (Å²) >= 11 is 0. The Bertz CT molecular complexity index is 768. The van der Waals surface area contributed by atoms with E-state index in [1.165, 1.54) is 4.52 Å². The van der Waals surface area contributed by atoms with E-state index in [9.17, 15) is 4.79 Å². The Morgan fingerprint density at radius 1 is 1.53 bits per heavy atom. The largest absolute Gasteiger partial charge is 0.463 e. The summed E-state index contributed by atoms with van der Waals surface area (Å²) < 4.78 is 6.73. The van der Waals surface area contributed by atoms with Crippen LogP contribution in [-0.4, -0.2) is 21.1 Å². The molecule has 0 unspecified atom stereocenters. The normalized spacial score (nSPS) is 11.3. The predicted molar refractivity (Wildman–Crippen MR) is 71.0 cm³/mol. The van der Waals surface area contributed by atoms with Crippen LogP contribution in [0.25, 0.3) is 17.1 Å². The molecule has 3 heterocycles. The standard InChI is InChI=1S/C13H14N4O2/c1-8-9(4-5-14)13(18)17-12(15-8)7-10(16-17)11-3-2-6-19-11/h2-3,6-7,16H,4-5,14H2,1H3. The van der Waals surface area contributed by atoms with Gasteiger partial charge >= 0.3 is 0 Å². The molecule has 98 valence electrons. The van der Waals surface area contributed by atoms with Gasteiger partial charge in [-0.2, -0.15) is 0 Å². The van der Waals surface area contributed by atoms with Gasteiger partial charge in [0.05, 0.1) is 6.26 Å². The summed E-state index contributed by atoms with van der Waals surface area (Å²) in [4.78, 5) is 16.7. The van der Waals surface area contributed by atoms with Crippen LogP contribution in [0, 0.1) is 6.92 Å². The quantitative estimate of drug-likeness (QED) is 0.736. The lowest BCUT2D eigenvalue weighted by atomic mass is 10.2. The first kappa shape index (κ1) is 11.7. The van der Waals surface area contributed by atoms with Crippen molar-refractivity contribution in [3.05, 3.63) is 46.1 Å². The second kappa shape index (κ2) is 4.40. The van der Waals surface area contributed by atoms with E-state index in [0.29, 0.717) is 29.9 Å². The number of nitrogens with zero attached hydrogens (tertiary/aromatic N) is 2. The van der Waals surface area contributed by atoms with Crippen molar-refractivity contribution >= 4 is 5.65 Å². The molecular formula is C13H14N4O2. The Labute approximate surface area is 108 Å². The van der Waals surface area contributed by atoms with Crippen LogP contribution >= 0.6 is 0 Å². The van der Waals surface area contributed by atoms with Gasteiger partial charge in [0, 0.05) is 17.3 Å². The number of nitrogens with one attached hydrogen (secondary N) is 1. The molecule has 3 rings (SSSR count). The van der Waals surface area contributed by atoms with E-state index in [1.807, 2.05) is 13.0 Å². The highest BCUT2D eigenvalue weighted by molar-refractivity contribution is 5.59. The smallest absolute Gasteiger partial charge is 0.276 e. The van der Waals surface area contributed by atoms with Gasteiger partial charge in [0.2, 0.25) is 0 Å². The molecule has 6 heteroatoms. The molecule has 0 aromatic carbocycles. The summed E-state index contributed by atoms with van der Waals surface area (Å²) in [6.45, 7) is 2.25. The molecule has 0 atom stereocenters. The first-order chi connectivity index (χ1) is 9.20. The third-order valence-electron chi connectivity index (χ3n) is 3.10. The number of furan rings is 1. The highest BCUT2D eigenvalue weighted by Crippen LogP contribution is 2.18. The van der Waals surface area contributed by atoms with Gasteiger partial charge in [-0.05, 0) is 32.0 Å². The summed E-state index contributed by atoms with van der Waals surface area (Å²) in [5.41, 5.74) is 8.09. The Morgan fingerprint density at radius 3 is 3.05 bits per heavy atom. The molecule has 0 aliphatic carbocycles. The van der Waals surface area contributed by atoms with Crippen LogP contribution in [0.4, 0.5) is 0 Å². The van der Waals surface area contributed by atoms with Gasteiger partial charge in [0.1, 0.15) is 5.69 Å². The van der Waals surface area contributed by atoms with Crippen molar-refractivity contribution in [2.24, 2.45) is 5.73 Å². The molecule has 0 saturated carbocycles. The molecule has 19 heavy (non-hydrogen) atoms. The maximum atomic E-state index is 12.3. The number of hydrogen-bond donors (Lipinski definition) is 2. The molecule has 0 fully saturated rings. The molecule has 0 aliphatic heterocycles. The van der Waals surface area contributed by atoms with Crippen LogP contribution in [0.5, 0.6) is 0 Å². The first-order valence-corrected chi connectivity index (χ1v) is 6.06. The van der Waals surface area contributed by atoms with Crippen molar-refractivity contribution in [1.29, 1.82) is 0 Å². The van der Waals surface area contributed by atoms with Gasteiger partial charge in [-0.25, -0.2) is 9.50 Å². The third-order valence-corrected chi connectivity index (χ3v) is 3.10. The first-order valence-electron chi connectivity index (χ1n) is 6.06. The van der Waals surface area contributed by atoms with Gasteiger partial charge in [-0.1, -0.05) is 0 Å². The minimum Gasteiger partial charge on any atom is -0.463 e. The molecule has 3 N–H and O–H groups in total. The van der Waals surface area contributed by atoms with Crippen LogP contribution in [-0.2, 0) is 6.42 Å². The zero-order valence-electron chi connectivity index (χ0n) is 10.5. The number of rotatable bonds is 3. The lowest BCUT2D eigenvalue weighted by molar-refractivity contribution is 0.579. The summed E-state index contributed by atoms with van der Waals surface area (Å²) in [7, 11) is 0. The minimum absolute atomic E-state index is 0.106. The number of nitrogens with two attached hydrogens (primary N) is 1. The number of H-pyrrole nitrogens is 1. The summed E-state index contributed by atoms with van der Waals surface area (Å²) in [5, 5.41) is 3.00. The molecule has 0 spiro atoms. The number of aryl methyl sites for hydroxylation is 1. The molecule has 3 aromatic rings. The molecule has 0 bridgehead atoms. The number of hydrogen-bond acceptors (Lipinski definition) is 4. The molecule has 0 saturated heterocycles. The maximum Gasteiger partial charge on any atom is 0.276 e. The van der Waals surface area contributed by atoms with Crippen LogP contribution in [0.3, 0.4) is 0 Å². The summed E-state index contributed by atoms with van der Waals surface area (Å²) in [5.74, 6) is 0.669. The van der Waals surface area contributed by atoms with Crippen molar-refractivity contribution in [3.63, 3.8) is 0 Å². The lowest BCUT2D eigenvalue weighted by Crippen LogP contribution is -2.23. The third kappa shape index (κ3) is 1.86. The Balaban J connectivity index is 2.24. The topological polar surface area (TPSA) is 89.3 Å². The number of fused-ring (bicyclic) bond motifs is 1. The van der Waals surface area contributed by atoms with Crippen molar-refractivity contribution in [3.8, 4) is 11.5 Å².